The first-order valence-electron chi connectivity index (χ1n) is 4.34. The Morgan fingerprint density at radius 2 is 1.93 bits per heavy atom. The van der Waals surface area contributed by atoms with Gasteiger partial charge in [-0.25, -0.2) is 4.99 Å². The predicted octanol–water partition coefficient (Wildman–Crippen LogP) is 2.37. The first-order valence-corrected chi connectivity index (χ1v) is 5.10. The highest BCUT2D eigenvalue weighted by Crippen LogP contribution is 2.31. The highest BCUT2D eigenvalue weighted by molar-refractivity contribution is 6.32. The summed E-state index contributed by atoms with van der Waals surface area (Å²) in [6.07, 6.45) is 3.21. The van der Waals surface area contributed by atoms with Crippen LogP contribution in [-0.4, -0.2) is 6.21 Å². The number of alkyl halides is 1. The van der Waals surface area contributed by atoms with Gasteiger partial charge in [0.25, 0.3) is 0 Å². The van der Waals surface area contributed by atoms with E-state index in [9.17, 15) is 0 Å². The molecule has 78 valence electrons. The number of allylic oxidation sites excluding steroid dienone is 1. The molecule has 0 spiro atoms. The molecule has 1 aliphatic heterocycles. The minimum atomic E-state index is -1.03. The number of aliphatic imine (C=N–C) groups is 1. The van der Waals surface area contributed by atoms with Crippen LogP contribution in [0.4, 0.5) is 5.69 Å². The molecular formula is C10H9Cl2N3. The topological polar surface area (TPSA) is 50.4 Å². The number of anilines is 1. The molecule has 3 N–H and O–H groups in total. The summed E-state index contributed by atoms with van der Waals surface area (Å²) in [6, 6.07) is 7.15. The maximum absolute atomic E-state index is 6.27. The first-order chi connectivity index (χ1) is 7.10. The van der Waals surface area contributed by atoms with Crippen LogP contribution in [0.5, 0.6) is 0 Å². The second kappa shape index (κ2) is 3.76. The number of hydrogen-bond acceptors (Lipinski definition) is 3. The Morgan fingerprint density at radius 1 is 1.27 bits per heavy atom. The standard InChI is InChI=1S/C10H9Cl2N3/c11-9-5-6-14-10(12,15-9)7-1-3-8(13)4-2-7/h1-6,15H,13H2. The van der Waals surface area contributed by atoms with Gasteiger partial charge >= 0.3 is 0 Å². The molecule has 1 atom stereocenters. The lowest BCUT2D eigenvalue weighted by Gasteiger charge is -2.27. The van der Waals surface area contributed by atoms with E-state index in [1.807, 2.05) is 12.1 Å². The Morgan fingerprint density at radius 3 is 2.53 bits per heavy atom. The lowest BCUT2D eigenvalue weighted by atomic mass is 10.1. The molecule has 1 unspecified atom stereocenters. The molecule has 0 radical (unpaired) electrons. The van der Waals surface area contributed by atoms with Gasteiger partial charge in [0.15, 0.2) is 0 Å². The van der Waals surface area contributed by atoms with E-state index in [1.54, 1.807) is 24.4 Å². The lowest BCUT2D eigenvalue weighted by Crippen LogP contribution is -2.35. The summed E-state index contributed by atoms with van der Waals surface area (Å²) in [4.78, 5) is 4.14. The molecule has 0 aromatic heterocycles. The van der Waals surface area contributed by atoms with Crippen LogP contribution < -0.4 is 11.1 Å². The van der Waals surface area contributed by atoms with E-state index in [-0.39, 0.29) is 0 Å². The van der Waals surface area contributed by atoms with Gasteiger partial charge in [0.05, 0.1) is 0 Å². The zero-order valence-corrected chi connectivity index (χ0v) is 9.26. The van der Waals surface area contributed by atoms with Gasteiger partial charge in [-0.3, -0.25) is 0 Å². The van der Waals surface area contributed by atoms with E-state index in [1.165, 1.54) is 0 Å². The summed E-state index contributed by atoms with van der Waals surface area (Å²) in [5.74, 6) is 0. The average molecular weight is 242 g/mol. The molecule has 3 nitrogen and oxygen atoms in total. The highest BCUT2D eigenvalue weighted by atomic mass is 35.5. The second-order valence-electron chi connectivity index (χ2n) is 3.16. The monoisotopic (exact) mass is 241 g/mol. The zero-order valence-electron chi connectivity index (χ0n) is 7.74. The fourth-order valence-corrected chi connectivity index (χ4v) is 1.81. The number of halogens is 2. The van der Waals surface area contributed by atoms with E-state index >= 15 is 0 Å². The van der Waals surface area contributed by atoms with Gasteiger partial charge in [-0.15, -0.1) is 0 Å². The largest absolute Gasteiger partial charge is 0.399 e. The quantitative estimate of drug-likeness (QED) is 0.451. The number of nitrogen functional groups attached to an aromatic ring is 1. The second-order valence-corrected chi connectivity index (χ2v) is 4.12. The summed E-state index contributed by atoms with van der Waals surface area (Å²) in [5.41, 5.74) is 7.06. The fourth-order valence-electron chi connectivity index (χ4n) is 1.29. The van der Waals surface area contributed by atoms with Crippen LogP contribution in [0.1, 0.15) is 5.56 Å². The van der Waals surface area contributed by atoms with Crippen LogP contribution in [-0.2, 0) is 5.12 Å². The normalized spacial score (nSPS) is 24.5. The Hall–Kier alpha value is -1.19. The van der Waals surface area contributed by atoms with Crippen molar-refractivity contribution in [1.29, 1.82) is 0 Å². The smallest absolute Gasteiger partial charge is 0.233 e. The van der Waals surface area contributed by atoms with Crippen molar-refractivity contribution in [1.82, 2.24) is 5.32 Å². The van der Waals surface area contributed by atoms with Crippen LogP contribution in [0.25, 0.3) is 0 Å². The molecule has 0 saturated heterocycles. The van der Waals surface area contributed by atoms with E-state index in [2.05, 4.69) is 10.3 Å². The molecule has 2 rings (SSSR count). The molecule has 1 heterocycles. The Kier molecular flexibility index (Phi) is 2.59. The molecule has 0 saturated carbocycles. The molecule has 0 fully saturated rings. The summed E-state index contributed by atoms with van der Waals surface area (Å²) < 4.78 is 0. The number of hydrogen-bond donors (Lipinski definition) is 2. The van der Waals surface area contributed by atoms with Gasteiger partial charge in [-0.2, -0.15) is 0 Å². The number of nitrogens with zero attached hydrogens (tertiary/aromatic N) is 1. The first kappa shape index (κ1) is 10.3. The highest BCUT2D eigenvalue weighted by Gasteiger charge is 2.29. The molecular weight excluding hydrogens is 233 g/mol. The van der Waals surface area contributed by atoms with Crippen molar-refractivity contribution in [3.8, 4) is 0 Å². The summed E-state index contributed by atoms with van der Waals surface area (Å²) in [7, 11) is 0. The Bertz CT molecular complexity index is 425. The third-order valence-electron chi connectivity index (χ3n) is 2.05. The lowest BCUT2D eigenvalue weighted by molar-refractivity contribution is 0.565. The van der Waals surface area contributed by atoms with Gasteiger partial charge in [0.1, 0.15) is 5.16 Å². The Balaban J connectivity index is 2.35. The van der Waals surface area contributed by atoms with Crippen LogP contribution in [0.15, 0.2) is 40.5 Å². The number of nitrogens with two attached hydrogens (primary N) is 1. The van der Waals surface area contributed by atoms with Gasteiger partial charge in [0.2, 0.25) is 5.12 Å². The summed E-state index contributed by atoms with van der Waals surface area (Å²) in [5, 5.41) is 2.31. The van der Waals surface area contributed by atoms with Crippen LogP contribution >= 0.6 is 23.2 Å². The number of rotatable bonds is 1. The molecule has 0 aliphatic carbocycles. The molecule has 0 bridgehead atoms. The molecule has 5 heteroatoms. The molecule has 1 aromatic rings. The molecule has 0 amide bonds. The third kappa shape index (κ3) is 2.08. The number of nitrogens with one attached hydrogen (secondary N) is 1. The van der Waals surface area contributed by atoms with Crippen molar-refractivity contribution < 1.29 is 0 Å². The zero-order chi connectivity index (χ0) is 10.9. The van der Waals surface area contributed by atoms with Gasteiger partial charge in [-0.05, 0) is 18.2 Å². The summed E-state index contributed by atoms with van der Waals surface area (Å²) >= 11 is 12.1. The molecule has 15 heavy (non-hydrogen) atoms. The van der Waals surface area contributed by atoms with Crippen molar-refractivity contribution in [2.24, 2.45) is 4.99 Å². The van der Waals surface area contributed by atoms with Crippen molar-refractivity contribution in [3.63, 3.8) is 0 Å². The summed E-state index contributed by atoms with van der Waals surface area (Å²) in [6.45, 7) is 0. The maximum atomic E-state index is 6.27. The van der Waals surface area contributed by atoms with Gasteiger partial charge in [0, 0.05) is 17.5 Å². The van der Waals surface area contributed by atoms with Crippen molar-refractivity contribution in [2.75, 3.05) is 5.73 Å². The minimum absolute atomic E-state index is 0.455. The SMILES string of the molecule is Nc1ccc(C2(Cl)N=CC=C(Cl)N2)cc1. The fraction of sp³-hybridized carbons (Fsp3) is 0.100. The van der Waals surface area contributed by atoms with Crippen molar-refractivity contribution >= 4 is 35.1 Å². The van der Waals surface area contributed by atoms with Gasteiger partial charge in [-0.1, -0.05) is 35.3 Å². The maximum Gasteiger partial charge on any atom is 0.233 e. The van der Waals surface area contributed by atoms with Crippen LogP contribution in [0, 0.1) is 0 Å². The van der Waals surface area contributed by atoms with Crippen LogP contribution in [0.2, 0.25) is 0 Å². The Labute approximate surface area is 97.6 Å². The molecule has 1 aromatic carbocycles. The average Bonchev–Trinajstić information content (AvgIpc) is 2.18. The van der Waals surface area contributed by atoms with Gasteiger partial charge < -0.3 is 11.1 Å². The van der Waals surface area contributed by atoms with E-state index < -0.39 is 5.12 Å². The van der Waals surface area contributed by atoms with Crippen molar-refractivity contribution in [3.05, 3.63) is 41.1 Å². The third-order valence-corrected chi connectivity index (χ3v) is 2.68. The number of benzene rings is 1. The van der Waals surface area contributed by atoms with Crippen molar-refractivity contribution in [2.45, 2.75) is 5.12 Å². The van der Waals surface area contributed by atoms with E-state index in [0.29, 0.717) is 10.8 Å². The molecule has 1 aliphatic rings. The van der Waals surface area contributed by atoms with E-state index in [4.69, 9.17) is 28.9 Å². The predicted molar refractivity (Wildman–Crippen MR) is 63.9 cm³/mol. The van der Waals surface area contributed by atoms with Crippen LogP contribution in [0.3, 0.4) is 0 Å². The minimum Gasteiger partial charge on any atom is -0.399 e. The van der Waals surface area contributed by atoms with E-state index in [0.717, 1.165) is 5.56 Å².